The van der Waals surface area contributed by atoms with Crippen LogP contribution in [0.15, 0.2) is 27.6 Å². The van der Waals surface area contributed by atoms with E-state index < -0.39 is 0 Å². The molecule has 0 radical (unpaired) electrons. The van der Waals surface area contributed by atoms with Gasteiger partial charge in [0.2, 0.25) is 5.91 Å². The number of carbonyl (C=O) groups excluding carboxylic acids is 1. The Hall–Kier alpha value is -0.520. The Kier molecular flexibility index (Phi) is 4.62. The molecule has 3 nitrogen and oxygen atoms in total. The van der Waals surface area contributed by atoms with Crippen molar-refractivity contribution in [1.82, 2.24) is 4.90 Å². The number of thioether (sulfide) groups is 1. The lowest BCUT2D eigenvalue weighted by atomic mass is 10.00. The van der Waals surface area contributed by atoms with E-state index in [0.717, 1.165) is 35.1 Å². The Bertz CT molecular complexity index is 537. The fourth-order valence-corrected chi connectivity index (χ4v) is 4.90. The summed E-state index contributed by atoms with van der Waals surface area (Å²) in [4.78, 5) is 15.7. The van der Waals surface area contributed by atoms with Crippen LogP contribution in [-0.2, 0) is 4.79 Å². The van der Waals surface area contributed by atoms with E-state index in [4.69, 9.17) is 0 Å². The van der Waals surface area contributed by atoms with Crippen molar-refractivity contribution in [3.05, 3.63) is 28.2 Å². The lowest BCUT2D eigenvalue weighted by molar-refractivity contribution is -0.134. The highest BCUT2D eigenvalue weighted by atomic mass is 79.9. The predicted octanol–water partition coefficient (Wildman–Crippen LogP) is 3.36. The summed E-state index contributed by atoms with van der Waals surface area (Å²) in [7, 11) is 0. The first-order valence-electron chi connectivity index (χ1n) is 7.43. The van der Waals surface area contributed by atoms with Crippen LogP contribution < -0.4 is 0 Å². The predicted molar refractivity (Wildman–Crippen MR) is 88.5 cm³/mol. The van der Waals surface area contributed by atoms with Crippen LogP contribution in [0, 0.1) is 6.92 Å². The molecule has 2 heterocycles. The standard InChI is InChI=1S/C16H20BrNO2S/c1-10-6-11(17)2-5-15(10)21-9-16(20)18-12-3-4-13(18)8-14(19)7-12/h2,5-6,12-14,19H,3-4,7-9H2,1H3. The van der Waals surface area contributed by atoms with Crippen molar-refractivity contribution in [1.29, 1.82) is 0 Å². The summed E-state index contributed by atoms with van der Waals surface area (Å²) < 4.78 is 1.07. The average molecular weight is 370 g/mol. The van der Waals surface area contributed by atoms with Crippen molar-refractivity contribution >= 4 is 33.6 Å². The molecule has 0 aliphatic carbocycles. The van der Waals surface area contributed by atoms with Crippen LogP contribution in [0.4, 0.5) is 0 Å². The summed E-state index contributed by atoms with van der Waals surface area (Å²) in [6, 6.07) is 6.68. The smallest absolute Gasteiger partial charge is 0.233 e. The minimum absolute atomic E-state index is 0.215. The second-order valence-electron chi connectivity index (χ2n) is 6.01. The Morgan fingerprint density at radius 1 is 1.38 bits per heavy atom. The van der Waals surface area contributed by atoms with E-state index in [1.807, 2.05) is 11.0 Å². The van der Waals surface area contributed by atoms with Gasteiger partial charge in [-0.1, -0.05) is 15.9 Å². The van der Waals surface area contributed by atoms with Crippen molar-refractivity contribution in [2.75, 3.05) is 5.75 Å². The van der Waals surface area contributed by atoms with Gasteiger partial charge in [0, 0.05) is 21.5 Å². The van der Waals surface area contributed by atoms with E-state index >= 15 is 0 Å². The molecule has 2 atom stereocenters. The van der Waals surface area contributed by atoms with E-state index in [1.54, 1.807) is 11.8 Å². The van der Waals surface area contributed by atoms with Crippen LogP contribution in [0.1, 0.15) is 31.2 Å². The van der Waals surface area contributed by atoms with Gasteiger partial charge in [-0.3, -0.25) is 4.79 Å². The van der Waals surface area contributed by atoms with Gasteiger partial charge in [-0.25, -0.2) is 0 Å². The zero-order chi connectivity index (χ0) is 15.0. The Balaban J connectivity index is 1.62. The topological polar surface area (TPSA) is 40.5 Å². The van der Waals surface area contributed by atoms with Crippen LogP contribution in [0.5, 0.6) is 0 Å². The third-order valence-corrected chi connectivity index (χ3v) is 6.14. The van der Waals surface area contributed by atoms with E-state index in [-0.39, 0.29) is 24.1 Å². The molecule has 1 aromatic rings. The van der Waals surface area contributed by atoms with Crippen molar-refractivity contribution in [3.8, 4) is 0 Å². The first kappa shape index (κ1) is 15.4. The second-order valence-corrected chi connectivity index (χ2v) is 7.94. The fourth-order valence-electron chi connectivity index (χ4n) is 3.54. The van der Waals surface area contributed by atoms with Crippen LogP contribution >= 0.6 is 27.7 Å². The molecule has 3 rings (SSSR count). The molecule has 21 heavy (non-hydrogen) atoms. The zero-order valence-corrected chi connectivity index (χ0v) is 14.5. The molecule has 5 heteroatoms. The molecule has 2 aliphatic heterocycles. The molecule has 0 spiro atoms. The molecule has 2 unspecified atom stereocenters. The third kappa shape index (κ3) is 3.30. The molecule has 1 aromatic carbocycles. The number of piperidine rings is 1. The zero-order valence-electron chi connectivity index (χ0n) is 12.1. The number of aliphatic hydroxyl groups excluding tert-OH is 1. The lowest BCUT2D eigenvalue weighted by Crippen LogP contribution is -2.48. The number of rotatable bonds is 3. The van der Waals surface area contributed by atoms with Crippen molar-refractivity contribution in [2.24, 2.45) is 0 Å². The molecule has 0 saturated carbocycles. The minimum atomic E-state index is -0.215. The second kappa shape index (κ2) is 6.31. The van der Waals surface area contributed by atoms with Crippen molar-refractivity contribution in [3.63, 3.8) is 0 Å². The monoisotopic (exact) mass is 369 g/mol. The van der Waals surface area contributed by atoms with Gasteiger partial charge in [-0.05, 0) is 56.4 Å². The number of amides is 1. The number of fused-ring (bicyclic) bond motifs is 2. The number of halogens is 1. The third-order valence-electron chi connectivity index (χ3n) is 4.48. The lowest BCUT2D eigenvalue weighted by Gasteiger charge is -2.37. The van der Waals surface area contributed by atoms with Gasteiger partial charge in [0.1, 0.15) is 0 Å². The molecule has 1 N–H and O–H groups in total. The average Bonchev–Trinajstić information content (AvgIpc) is 2.70. The molecule has 0 aromatic heterocycles. The van der Waals surface area contributed by atoms with E-state index in [9.17, 15) is 9.90 Å². The first-order chi connectivity index (χ1) is 10.0. The molecule has 1 amide bonds. The Morgan fingerprint density at radius 2 is 2.05 bits per heavy atom. The van der Waals surface area contributed by atoms with Gasteiger partial charge in [0.05, 0.1) is 11.9 Å². The number of hydrogen-bond acceptors (Lipinski definition) is 3. The summed E-state index contributed by atoms with van der Waals surface area (Å²) in [5.41, 5.74) is 1.19. The van der Waals surface area contributed by atoms with E-state index in [0.29, 0.717) is 5.75 Å². The molecule has 2 fully saturated rings. The van der Waals surface area contributed by atoms with E-state index in [2.05, 4.69) is 35.0 Å². The van der Waals surface area contributed by atoms with Crippen LogP contribution in [0.25, 0.3) is 0 Å². The largest absolute Gasteiger partial charge is 0.393 e. The summed E-state index contributed by atoms with van der Waals surface area (Å²) in [6.07, 6.45) is 3.40. The maximum Gasteiger partial charge on any atom is 0.233 e. The number of aliphatic hydroxyl groups is 1. The Labute approximate surface area is 138 Å². The number of benzene rings is 1. The van der Waals surface area contributed by atoms with Crippen LogP contribution in [0.3, 0.4) is 0 Å². The summed E-state index contributed by atoms with van der Waals surface area (Å²) in [5.74, 6) is 0.715. The summed E-state index contributed by atoms with van der Waals surface area (Å²) in [6.45, 7) is 2.07. The van der Waals surface area contributed by atoms with Crippen molar-refractivity contribution in [2.45, 2.75) is 55.7 Å². The number of nitrogens with zero attached hydrogens (tertiary/aromatic N) is 1. The molecule has 2 saturated heterocycles. The van der Waals surface area contributed by atoms with Gasteiger partial charge in [-0.2, -0.15) is 0 Å². The molecular formula is C16H20BrNO2S. The van der Waals surface area contributed by atoms with Crippen LogP contribution in [0.2, 0.25) is 0 Å². The quantitative estimate of drug-likeness (QED) is 0.830. The fraction of sp³-hybridized carbons (Fsp3) is 0.562. The highest BCUT2D eigenvalue weighted by Crippen LogP contribution is 2.36. The van der Waals surface area contributed by atoms with E-state index in [1.165, 1.54) is 5.56 Å². The maximum absolute atomic E-state index is 12.5. The van der Waals surface area contributed by atoms with Gasteiger partial charge in [0.25, 0.3) is 0 Å². The Morgan fingerprint density at radius 3 is 2.67 bits per heavy atom. The highest BCUT2D eigenvalue weighted by molar-refractivity contribution is 9.10. The molecule has 114 valence electrons. The van der Waals surface area contributed by atoms with Gasteiger partial charge in [-0.15, -0.1) is 11.8 Å². The number of aryl methyl sites for hydroxylation is 1. The van der Waals surface area contributed by atoms with Gasteiger partial charge >= 0.3 is 0 Å². The van der Waals surface area contributed by atoms with Gasteiger partial charge in [0.15, 0.2) is 0 Å². The van der Waals surface area contributed by atoms with Crippen LogP contribution in [-0.4, -0.2) is 39.9 Å². The molecule has 2 bridgehead atoms. The summed E-state index contributed by atoms with van der Waals surface area (Å²) in [5, 5.41) is 9.81. The maximum atomic E-state index is 12.5. The normalized spacial score (nSPS) is 28.0. The minimum Gasteiger partial charge on any atom is -0.393 e. The number of hydrogen-bond donors (Lipinski definition) is 1. The highest BCUT2D eigenvalue weighted by Gasteiger charge is 2.42. The van der Waals surface area contributed by atoms with Gasteiger partial charge < -0.3 is 10.0 Å². The molecule has 2 aliphatic rings. The summed E-state index contributed by atoms with van der Waals surface area (Å²) >= 11 is 5.08. The molecular weight excluding hydrogens is 350 g/mol. The first-order valence-corrected chi connectivity index (χ1v) is 9.20. The van der Waals surface area contributed by atoms with Crippen molar-refractivity contribution < 1.29 is 9.90 Å². The number of carbonyl (C=O) groups is 1. The SMILES string of the molecule is Cc1cc(Br)ccc1SCC(=O)N1C2CCC1CC(O)C2.